The van der Waals surface area contributed by atoms with Gasteiger partial charge in [-0.1, -0.05) is 0 Å². The second kappa shape index (κ2) is 5.44. The molecule has 0 atom stereocenters. The molecule has 1 heterocycles. The topological polar surface area (TPSA) is 66.5 Å². The van der Waals surface area contributed by atoms with Crippen LogP contribution in [0.5, 0.6) is 0 Å². The van der Waals surface area contributed by atoms with Crippen molar-refractivity contribution in [1.29, 1.82) is 0 Å². The summed E-state index contributed by atoms with van der Waals surface area (Å²) in [5.74, 6) is 0.273. The molecule has 0 aliphatic heterocycles. The lowest BCUT2D eigenvalue weighted by atomic mass is 10.3. The molecule has 1 aromatic heterocycles. The van der Waals surface area contributed by atoms with Crippen molar-refractivity contribution in [2.45, 2.75) is 32.7 Å². The Morgan fingerprint density at radius 2 is 2.28 bits per heavy atom. The van der Waals surface area contributed by atoms with Gasteiger partial charge in [0.15, 0.2) is 6.79 Å². The molecule has 100 valence electrons. The second-order valence-electron chi connectivity index (χ2n) is 5.02. The maximum atomic E-state index is 11.9. The van der Waals surface area contributed by atoms with Crippen LogP contribution >= 0.6 is 0 Å². The number of rotatable bonds is 6. The molecular weight excluding hydrogens is 232 g/mol. The first kappa shape index (κ1) is 13.0. The fraction of sp³-hybridized carbons (Fsp3) is 0.615. The average molecular weight is 252 g/mol. The monoisotopic (exact) mass is 252 g/mol. The summed E-state index contributed by atoms with van der Waals surface area (Å²) >= 11 is 0. The minimum atomic E-state index is -0.392. The van der Waals surface area contributed by atoms with Crippen LogP contribution in [0.1, 0.15) is 43.2 Å². The SMILES string of the molecule is CC(C)n1cc(N)cc1C(=O)OCOCC1CC1. The normalized spacial score (nSPS) is 15.1. The van der Waals surface area contributed by atoms with Crippen LogP contribution < -0.4 is 5.73 Å². The number of nitrogens with zero attached hydrogens (tertiary/aromatic N) is 1. The van der Waals surface area contributed by atoms with E-state index in [4.69, 9.17) is 15.2 Å². The van der Waals surface area contributed by atoms with E-state index < -0.39 is 5.97 Å². The second-order valence-corrected chi connectivity index (χ2v) is 5.02. The third kappa shape index (κ3) is 3.26. The van der Waals surface area contributed by atoms with Crippen LogP contribution in [0.2, 0.25) is 0 Å². The van der Waals surface area contributed by atoms with E-state index in [-0.39, 0.29) is 12.8 Å². The number of hydrogen-bond acceptors (Lipinski definition) is 4. The van der Waals surface area contributed by atoms with E-state index in [0.717, 1.165) is 0 Å². The van der Waals surface area contributed by atoms with Gasteiger partial charge in [-0.05, 0) is 38.7 Å². The predicted molar refractivity (Wildman–Crippen MR) is 68.2 cm³/mol. The quantitative estimate of drug-likeness (QED) is 0.479. The number of nitrogen functional groups attached to an aromatic ring is 1. The molecule has 1 aliphatic carbocycles. The molecule has 18 heavy (non-hydrogen) atoms. The molecule has 1 aliphatic rings. The Morgan fingerprint density at radius 1 is 1.56 bits per heavy atom. The molecule has 5 heteroatoms. The molecule has 0 aromatic carbocycles. The molecule has 1 fully saturated rings. The minimum absolute atomic E-state index is 0.0124. The zero-order valence-corrected chi connectivity index (χ0v) is 10.9. The van der Waals surface area contributed by atoms with Gasteiger partial charge in [-0.3, -0.25) is 0 Å². The number of aromatic nitrogens is 1. The van der Waals surface area contributed by atoms with Gasteiger partial charge in [0, 0.05) is 12.2 Å². The lowest BCUT2D eigenvalue weighted by molar-refractivity contribution is -0.0352. The van der Waals surface area contributed by atoms with Crippen molar-refractivity contribution in [3.63, 3.8) is 0 Å². The maximum absolute atomic E-state index is 11.9. The van der Waals surface area contributed by atoms with Crippen LogP contribution in [0, 0.1) is 5.92 Å². The van der Waals surface area contributed by atoms with E-state index in [0.29, 0.717) is 23.9 Å². The summed E-state index contributed by atoms with van der Waals surface area (Å²) in [5, 5.41) is 0. The van der Waals surface area contributed by atoms with Gasteiger partial charge in [0.05, 0.1) is 12.3 Å². The van der Waals surface area contributed by atoms with Crippen LogP contribution in [0.4, 0.5) is 5.69 Å². The van der Waals surface area contributed by atoms with Crippen LogP contribution in [-0.2, 0) is 9.47 Å². The molecule has 2 rings (SSSR count). The molecule has 0 unspecified atom stereocenters. The third-order valence-corrected chi connectivity index (χ3v) is 2.96. The van der Waals surface area contributed by atoms with Crippen molar-refractivity contribution >= 4 is 11.7 Å². The zero-order chi connectivity index (χ0) is 13.1. The Kier molecular flexibility index (Phi) is 3.91. The summed E-state index contributed by atoms with van der Waals surface area (Å²) < 4.78 is 12.2. The van der Waals surface area contributed by atoms with Gasteiger partial charge in [0.2, 0.25) is 0 Å². The molecule has 1 aromatic rings. The number of anilines is 1. The molecule has 5 nitrogen and oxygen atoms in total. The highest BCUT2D eigenvalue weighted by Gasteiger charge is 2.21. The molecule has 2 N–H and O–H groups in total. The largest absolute Gasteiger partial charge is 0.434 e. The smallest absolute Gasteiger partial charge is 0.357 e. The Balaban J connectivity index is 1.86. The summed E-state index contributed by atoms with van der Waals surface area (Å²) in [6, 6.07) is 1.79. The highest BCUT2D eigenvalue weighted by atomic mass is 16.7. The van der Waals surface area contributed by atoms with Gasteiger partial charge in [-0.15, -0.1) is 0 Å². The first-order valence-corrected chi connectivity index (χ1v) is 6.30. The van der Waals surface area contributed by atoms with Crippen molar-refractivity contribution in [3.05, 3.63) is 18.0 Å². The molecule has 0 amide bonds. The van der Waals surface area contributed by atoms with E-state index >= 15 is 0 Å². The average Bonchev–Trinajstić information content (AvgIpc) is 3.05. The Hall–Kier alpha value is -1.49. The van der Waals surface area contributed by atoms with Crippen molar-refractivity contribution in [2.24, 2.45) is 5.92 Å². The molecule has 0 saturated heterocycles. The van der Waals surface area contributed by atoms with Gasteiger partial charge in [-0.25, -0.2) is 4.79 Å². The van der Waals surface area contributed by atoms with Crippen molar-refractivity contribution in [2.75, 3.05) is 19.1 Å². The molecule has 0 radical (unpaired) electrons. The fourth-order valence-corrected chi connectivity index (χ4v) is 1.76. The van der Waals surface area contributed by atoms with E-state index in [9.17, 15) is 4.79 Å². The summed E-state index contributed by atoms with van der Waals surface area (Å²) in [7, 11) is 0. The number of nitrogens with two attached hydrogens (primary N) is 1. The van der Waals surface area contributed by atoms with Crippen LogP contribution in [0.15, 0.2) is 12.3 Å². The van der Waals surface area contributed by atoms with Crippen LogP contribution in [0.25, 0.3) is 0 Å². The molecule has 0 spiro atoms. The van der Waals surface area contributed by atoms with Crippen LogP contribution in [0.3, 0.4) is 0 Å². The van der Waals surface area contributed by atoms with E-state index in [2.05, 4.69) is 0 Å². The van der Waals surface area contributed by atoms with Gasteiger partial charge < -0.3 is 19.8 Å². The van der Waals surface area contributed by atoms with Crippen LogP contribution in [-0.4, -0.2) is 23.9 Å². The number of esters is 1. The molecule has 0 bridgehead atoms. The first-order chi connectivity index (χ1) is 8.58. The highest BCUT2D eigenvalue weighted by molar-refractivity contribution is 5.89. The number of carbonyl (C=O) groups excluding carboxylic acids is 1. The Bertz CT molecular complexity index is 422. The number of ether oxygens (including phenoxy) is 2. The van der Waals surface area contributed by atoms with Crippen molar-refractivity contribution in [1.82, 2.24) is 4.57 Å². The van der Waals surface area contributed by atoms with E-state index in [1.54, 1.807) is 16.8 Å². The summed E-state index contributed by atoms with van der Waals surface area (Å²) in [6.07, 6.45) is 4.19. The van der Waals surface area contributed by atoms with Gasteiger partial charge >= 0.3 is 5.97 Å². The third-order valence-electron chi connectivity index (χ3n) is 2.96. The molecule has 1 saturated carbocycles. The molecular formula is C13H20N2O3. The lowest BCUT2D eigenvalue weighted by Crippen LogP contribution is -2.15. The van der Waals surface area contributed by atoms with E-state index in [1.807, 2.05) is 13.8 Å². The zero-order valence-electron chi connectivity index (χ0n) is 10.9. The first-order valence-electron chi connectivity index (χ1n) is 6.30. The minimum Gasteiger partial charge on any atom is -0.434 e. The van der Waals surface area contributed by atoms with Crippen molar-refractivity contribution in [3.8, 4) is 0 Å². The lowest BCUT2D eigenvalue weighted by Gasteiger charge is -2.12. The Labute approximate surface area is 107 Å². The van der Waals surface area contributed by atoms with E-state index in [1.165, 1.54) is 12.8 Å². The van der Waals surface area contributed by atoms with Gasteiger partial charge in [-0.2, -0.15) is 0 Å². The summed E-state index contributed by atoms with van der Waals surface area (Å²) in [5.41, 5.74) is 6.73. The van der Waals surface area contributed by atoms with Gasteiger partial charge in [0.25, 0.3) is 0 Å². The predicted octanol–water partition coefficient (Wildman–Crippen LogP) is 2.19. The number of carbonyl (C=O) groups is 1. The summed E-state index contributed by atoms with van der Waals surface area (Å²) in [4.78, 5) is 11.9. The summed E-state index contributed by atoms with van der Waals surface area (Å²) in [6.45, 7) is 4.67. The Morgan fingerprint density at radius 3 is 2.89 bits per heavy atom. The van der Waals surface area contributed by atoms with Gasteiger partial charge in [0.1, 0.15) is 5.69 Å². The maximum Gasteiger partial charge on any atom is 0.357 e. The fourth-order valence-electron chi connectivity index (χ4n) is 1.76. The number of hydrogen-bond donors (Lipinski definition) is 1. The highest BCUT2D eigenvalue weighted by Crippen LogP contribution is 2.28. The standard InChI is InChI=1S/C13H20N2O3/c1-9(2)15-6-11(14)5-12(15)13(16)18-8-17-7-10-3-4-10/h5-6,9-10H,3-4,7-8,14H2,1-2H3. The van der Waals surface area contributed by atoms with Crippen molar-refractivity contribution < 1.29 is 14.3 Å².